The van der Waals surface area contributed by atoms with Crippen LogP contribution in [0.1, 0.15) is 24.0 Å². The summed E-state index contributed by atoms with van der Waals surface area (Å²) in [7, 11) is -0.462. The van der Waals surface area contributed by atoms with Gasteiger partial charge in [0.25, 0.3) is 5.56 Å². The number of carbonyl (C=O) groups excluding carboxylic acids is 2. The van der Waals surface area contributed by atoms with Crippen LogP contribution in [-0.2, 0) is 45.4 Å². The molecule has 0 radical (unpaired) electrons. The summed E-state index contributed by atoms with van der Waals surface area (Å²) in [6.07, 6.45) is 4.51. The molecule has 2 aliphatic rings. The minimum Gasteiger partial charge on any atom is -0.497 e. The average molecular weight is 673 g/mol. The molecule has 0 N–H and O–H groups in total. The number of fused-ring (bicyclic) bond motifs is 1. The van der Waals surface area contributed by atoms with Crippen LogP contribution in [-0.4, -0.2) is 91.1 Å². The number of hydrogen-bond acceptors (Lipinski definition) is 8. The molecular weight excluding hydrogens is 636 g/mol. The van der Waals surface area contributed by atoms with E-state index in [2.05, 4.69) is 0 Å². The lowest BCUT2D eigenvalue weighted by Gasteiger charge is -2.38. The van der Waals surface area contributed by atoms with E-state index in [0.717, 1.165) is 38.7 Å². The maximum atomic E-state index is 13.5. The van der Waals surface area contributed by atoms with Gasteiger partial charge < -0.3 is 19.3 Å². The lowest BCUT2D eigenvalue weighted by atomic mass is 10.0. The number of amides is 2. The van der Waals surface area contributed by atoms with Crippen molar-refractivity contribution in [3.63, 3.8) is 0 Å². The summed E-state index contributed by atoms with van der Waals surface area (Å²) in [6.45, 7) is 0.622. The number of ether oxygens (including phenoxy) is 2. The van der Waals surface area contributed by atoms with Crippen LogP contribution in [0.5, 0.6) is 11.5 Å². The SMILES string of the molecule is COc1ccc2c(c1)CCN(C1CCN(C(=O)Cn3cc(-c4cccc(OC)c4Cl)c(=O)n(CCS(C)(=O)=O)c3=O)CC1)C(=O)C2. The van der Waals surface area contributed by atoms with Gasteiger partial charge in [0.1, 0.15) is 27.9 Å². The Hall–Kier alpha value is -4.10. The van der Waals surface area contributed by atoms with Crippen molar-refractivity contribution in [2.45, 2.75) is 44.8 Å². The molecule has 46 heavy (non-hydrogen) atoms. The van der Waals surface area contributed by atoms with Crippen LogP contribution >= 0.6 is 11.6 Å². The number of nitrogens with zero attached hydrogens (tertiary/aromatic N) is 4. The van der Waals surface area contributed by atoms with E-state index in [1.807, 2.05) is 23.1 Å². The molecule has 0 atom stereocenters. The minimum absolute atomic E-state index is 0.0183. The van der Waals surface area contributed by atoms with Crippen LogP contribution in [0.3, 0.4) is 0 Å². The van der Waals surface area contributed by atoms with Crippen molar-refractivity contribution in [2.24, 2.45) is 0 Å². The molecule has 5 rings (SSSR count). The third-order valence-electron chi connectivity index (χ3n) is 8.66. The fourth-order valence-electron chi connectivity index (χ4n) is 6.11. The van der Waals surface area contributed by atoms with E-state index in [9.17, 15) is 27.6 Å². The van der Waals surface area contributed by atoms with Crippen molar-refractivity contribution < 1.29 is 27.5 Å². The zero-order valence-corrected chi connectivity index (χ0v) is 27.6. The number of piperidine rings is 1. The Labute approximate surface area is 272 Å². The zero-order chi connectivity index (χ0) is 33.2. The Balaban J connectivity index is 1.34. The number of halogens is 1. The van der Waals surface area contributed by atoms with Crippen LogP contribution < -0.4 is 20.7 Å². The molecule has 2 amide bonds. The van der Waals surface area contributed by atoms with Gasteiger partial charge in [-0.1, -0.05) is 29.8 Å². The van der Waals surface area contributed by atoms with Crippen molar-refractivity contribution in [3.8, 4) is 22.6 Å². The number of hydrogen-bond donors (Lipinski definition) is 0. The quantitative estimate of drug-likeness (QED) is 0.337. The molecule has 1 fully saturated rings. The summed E-state index contributed by atoms with van der Waals surface area (Å²) in [5.41, 5.74) is 0.882. The molecule has 14 heteroatoms. The third-order valence-corrected chi connectivity index (χ3v) is 9.97. The topological polar surface area (TPSA) is 137 Å². The first-order valence-corrected chi connectivity index (χ1v) is 17.4. The van der Waals surface area contributed by atoms with Crippen molar-refractivity contribution in [1.82, 2.24) is 18.9 Å². The summed E-state index contributed by atoms with van der Waals surface area (Å²) in [4.78, 5) is 57.2. The van der Waals surface area contributed by atoms with Crippen molar-refractivity contribution >= 4 is 33.3 Å². The first-order chi connectivity index (χ1) is 21.9. The van der Waals surface area contributed by atoms with Gasteiger partial charge in [-0.05, 0) is 48.6 Å². The highest BCUT2D eigenvalue weighted by Gasteiger charge is 2.32. The van der Waals surface area contributed by atoms with Crippen molar-refractivity contribution in [2.75, 3.05) is 45.9 Å². The highest BCUT2D eigenvalue weighted by atomic mass is 35.5. The summed E-state index contributed by atoms with van der Waals surface area (Å²) in [6, 6.07) is 10.6. The molecule has 246 valence electrons. The fourth-order valence-corrected chi connectivity index (χ4v) is 6.92. The maximum Gasteiger partial charge on any atom is 0.331 e. The number of carbonyl (C=O) groups is 2. The first kappa shape index (κ1) is 33.3. The minimum atomic E-state index is -3.51. The average Bonchev–Trinajstić information content (AvgIpc) is 3.19. The molecule has 0 unspecified atom stereocenters. The molecule has 3 aromatic rings. The van der Waals surface area contributed by atoms with Gasteiger partial charge in [0, 0.05) is 50.2 Å². The molecule has 0 aliphatic carbocycles. The largest absolute Gasteiger partial charge is 0.497 e. The predicted octanol–water partition coefficient (Wildman–Crippen LogP) is 2.01. The van der Waals surface area contributed by atoms with Gasteiger partial charge in [-0.25, -0.2) is 13.2 Å². The second-order valence-corrected chi connectivity index (χ2v) is 14.3. The standard InChI is InChI=1S/C32H37ClN4O8S/c1-44-24-8-7-21-18-28(38)36(14-9-22(21)17-24)23-10-12-34(13-11-23)29(39)20-35-19-26(25-5-4-6-27(45-2)30(25)33)31(40)37(32(35)41)15-16-46(3,42)43/h4-8,17,19,23H,9-16,18,20H2,1-3H3. The highest BCUT2D eigenvalue weighted by Crippen LogP contribution is 2.33. The van der Waals surface area contributed by atoms with Gasteiger partial charge in [0.2, 0.25) is 11.8 Å². The highest BCUT2D eigenvalue weighted by molar-refractivity contribution is 7.90. The summed E-state index contributed by atoms with van der Waals surface area (Å²) in [5.74, 6) is 0.352. The summed E-state index contributed by atoms with van der Waals surface area (Å²) >= 11 is 6.51. The molecule has 1 aromatic heterocycles. The Kier molecular flexibility index (Phi) is 9.92. The van der Waals surface area contributed by atoms with Crippen LogP contribution in [0.15, 0.2) is 52.2 Å². The van der Waals surface area contributed by atoms with Gasteiger partial charge >= 0.3 is 5.69 Å². The van der Waals surface area contributed by atoms with Crippen molar-refractivity contribution in [3.05, 3.63) is 79.6 Å². The van der Waals surface area contributed by atoms with E-state index >= 15 is 0 Å². The molecule has 2 aromatic carbocycles. The second kappa shape index (κ2) is 13.7. The molecule has 12 nitrogen and oxygen atoms in total. The van der Waals surface area contributed by atoms with Crippen LogP contribution in [0, 0.1) is 0 Å². The first-order valence-electron chi connectivity index (χ1n) is 15.0. The summed E-state index contributed by atoms with van der Waals surface area (Å²) < 4.78 is 36.4. The fraction of sp³-hybridized carbons (Fsp3) is 0.438. The molecule has 0 saturated carbocycles. The molecule has 3 heterocycles. The van der Waals surface area contributed by atoms with Gasteiger partial charge in [0.05, 0.1) is 37.0 Å². The number of methoxy groups -OCH3 is 2. The van der Waals surface area contributed by atoms with Crippen LogP contribution in [0.4, 0.5) is 0 Å². The number of likely N-dealkylation sites (tertiary alicyclic amines) is 1. The number of sulfone groups is 1. The number of benzene rings is 2. The third kappa shape index (κ3) is 7.15. The van der Waals surface area contributed by atoms with Crippen LogP contribution in [0.25, 0.3) is 11.1 Å². The zero-order valence-electron chi connectivity index (χ0n) is 26.0. The van der Waals surface area contributed by atoms with Gasteiger partial charge in [-0.15, -0.1) is 0 Å². The number of aromatic nitrogens is 2. The lowest BCUT2D eigenvalue weighted by molar-refractivity contribution is -0.136. The predicted molar refractivity (Wildman–Crippen MR) is 173 cm³/mol. The van der Waals surface area contributed by atoms with E-state index < -0.39 is 26.8 Å². The number of rotatable bonds is 9. The van der Waals surface area contributed by atoms with E-state index in [0.29, 0.717) is 44.6 Å². The molecule has 0 spiro atoms. The van der Waals surface area contributed by atoms with Gasteiger partial charge in [0.15, 0.2) is 0 Å². The van der Waals surface area contributed by atoms with E-state index in [1.54, 1.807) is 30.2 Å². The van der Waals surface area contributed by atoms with E-state index in [1.165, 1.54) is 13.3 Å². The van der Waals surface area contributed by atoms with Crippen LogP contribution in [0.2, 0.25) is 5.02 Å². The summed E-state index contributed by atoms with van der Waals surface area (Å²) in [5, 5.41) is 0.139. The van der Waals surface area contributed by atoms with Gasteiger partial charge in [-0.2, -0.15) is 0 Å². The molecular formula is C32H37ClN4O8S. The molecule has 2 aliphatic heterocycles. The smallest absolute Gasteiger partial charge is 0.331 e. The van der Waals surface area contributed by atoms with Crippen molar-refractivity contribution in [1.29, 1.82) is 0 Å². The Morgan fingerprint density at radius 2 is 1.72 bits per heavy atom. The molecule has 0 bridgehead atoms. The van der Waals surface area contributed by atoms with E-state index in [-0.39, 0.29) is 47.1 Å². The normalized spacial score (nSPS) is 15.8. The van der Waals surface area contributed by atoms with Gasteiger partial charge in [-0.3, -0.25) is 23.5 Å². The Bertz CT molecular complexity index is 1880. The second-order valence-electron chi connectivity index (χ2n) is 11.6. The lowest BCUT2D eigenvalue weighted by Crippen LogP contribution is -2.50. The molecule has 1 saturated heterocycles. The van der Waals surface area contributed by atoms with E-state index in [4.69, 9.17) is 21.1 Å². The monoisotopic (exact) mass is 672 g/mol. The maximum absolute atomic E-state index is 13.5. The Morgan fingerprint density at radius 1 is 0.978 bits per heavy atom. The Morgan fingerprint density at radius 3 is 2.39 bits per heavy atom.